The summed E-state index contributed by atoms with van der Waals surface area (Å²) in [7, 11) is 0. The van der Waals surface area contributed by atoms with Crippen molar-refractivity contribution in [1.29, 1.82) is 0 Å². The second-order valence-electron chi connectivity index (χ2n) is 4.98. The molecule has 0 saturated heterocycles. The minimum absolute atomic E-state index is 0.0851. The summed E-state index contributed by atoms with van der Waals surface area (Å²) in [6, 6.07) is 14.7. The number of benzene rings is 2. The van der Waals surface area contributed by atoms with Gasteiger partial charge in [0.25, 0.3) is 0 Å². The van der Waals surface area contributed by atoms with Crippen LogP contribution in [0.15, 0.2) is 48.5 Å². The molecule has 0 saturated carbocycles. The number of carbonyl (C=O) groups is 2. The molecule has 0 aliphatic heterocycles. The molecule has 21 heavy (non-hydrogen) atoms. The summed E-state index contributed by atoms with van der Waals surface area (Å²) >= 11 is 0. The first-order valence-electron chi connectivity index (χ1n) is 6.80. The number of anilines is 1. The molecule has 0 bridgehead atoms. The molecule has 3 N–H and O–H groups in total. The Balaban J connectivity index is 1.93. The number of primary amides is 1. The van der Waals surface area contributed by atoms with E-state index in [-0.39, 0.29) is 5.91 Å². The predicted octanol–water partition coefficient (Wildman–Crippen LogP) is 2.67. The van der Waals surface area contributed by atoms with E-state index in [1.165, 1.54) is 5.56 Å². The fourth-order valence-corrected chi connectivity index (χ4v) is 2.10. The molecule has 2 aromatic carbocycles. The van der Waals surface area contributed by atoms with Crippen molar-refractivity contribution in [2.24, 2.45) is 5.73 Å². The van der Waals surface area contributed by atoms with Gasteiger partial charge < -0.3 is 11.1 Å². The number of nitrogens with two attached hydrogens (primary N) is 1. The van der Waals surface area contributed by atoms with Gasteiger partial charge in [0.1, 0.15) is 0 Å². The molecule has 0 aromatic heterocycles. The van der Waals surface area contributed by atoms with Gasteiger partial charge in [-0.05, 0) is 37.1 Å². The van der Waals surface area contributed by atoms with Crippen molar-refractivity contribution < 1.29 is 9.59 Å². The highest BCUT2D eigenvalue weighted by Gasteiger charge is 2.06. The summed E-state index contributed by atoms with van der Waals surface area (Å²) in [4.78, 5) is 23.0. The average molecular weight is 282 g/mol. The topological polar surface area (TPSA) is 72.2 Å². The van der Waals surface area contributed by atoms with E-state index in [4.69, 9.17) is 5.73 Å². The number of carbonyl (C=O) groups excluding carboxylic acids is 2. The van der Waals surface area contributed by atoms with E-state index in [0.717, 1.165) is 5.56 Å². The number of hydrogen-bond acceptors (Lipinski definition) is 2. The lowest BCUT2D eigenvalue weighted by molar-refractivity contribution is -0.116. The van der Waals surface area contributed by atoms with Crippen LogP contribution in [0.2, 0.25) is 0 Å². The Labute approximate surface area is 124 Å². The van der Waals surface area contributed by atoms with Crippen molar-refractivity contribution in [3.63, 3.8) is 0 Å². The van der Waals surface area contributed by atoms with Crippen LogP contribution in [0.4, 0.5) is 5.69 Å². The van der Waals surface area contributed by atoms with Gasteiger partial charge in [0.05, 0.1) is 0 Å². The van der Waals surface area contributed by atoms with Gasteiger partial charge in [-0.2, -0.15) is 0 Å². The minimum atomic E-state index is -0.508. The van der Waals surface area contributed by atoms with E-state index in [1.54, 1.807) is 24.3 Å². The first-order valence-corrected chi connectivity index (χ1v) is 6.80. The SMILES string of the molecule is Cc1cccc(CCC(=O)Nc2cccc(C(N)=O)c2)c1. The van der Waals surface area contributed by atoms with Crippen molar-refractivity contribution in [1.82, 2.24) is 0 Å². The highest BCUT2D eigenvalue weighted by molar-refractivity contribution is 5.96. The number of rotatable bonds is 5. The largest absolute Gasteiger partial charge is 0.366 e. The number of aryl methyl sites for hydroxylation is 2. The molecule has 0 radical (unpaired) electrons. The van der Waals surface area contributed by atoms with Crippen LogP contribution >= 0.6 is 0 Å². The molecule has 0 aliphatic carbocycles. The Morgan fingerprint density at radius 2 is 1.86 bits per heavy atom. The Morgan fingerprint density at radius 1 is 1.10 bits per heavy atom. The summed E-state index contributed by atoms with van der Waals surface area (Å²) in [6.45, 7) is 2.03. The smallest absolute Gasteiger partial charge is 0.248 e. The molecular weight excluding hydrogens is 264 g/mol. The Hall–Kier alpha value is -2.62. The lowest BCUT2D eigenvalue weighted by atomic mass is 10.1. The normalized spacial score (nSPS) is 10.1. The van der Waals surface area contributed by atoms with Crippen LogP contribution in [0.25, 0.3) is 0 Å². The Bertz CT molecular complexity index is 665. The summed E-state index contributed by atoms with van der Waals surface area (Å²) in [5, 5.41) is 2.78. The van der Waals surface area contributed by atoms with Gasteiger partial charge in [0.15, 0.2) is 0 Å². The third-order valence-corrected chi connectivity index (χ3v) is 3.15. The highest BCUT2D eigenvalue weighted by atomic mass is 16.2. The van der Waals surface area contributed by atoms with Gasteiger partial charge in [-0.15, -0.1) is 0 Å². The molecule has 0 spiro atoms. The first-order chi connectivity index (χ1) is 10.0. The molecular formula is C17H18N2O2. The fraction of sp³-hybridized carbons (Fsp3) is 0.176. The molecule has 0 unspecified atom stereocenters. The van der Waals surface area contributed by atoms with Crippen LogP contribution in [0.3, 0.4) is 0 Å². The summed E-state index contributed by atoms with van der Waals surface area (Å²) in [5.41, 5.74) is 8.49. The van der Waals surface area contributed by atoms with E-state index in [9.17, 15) is 9.59 Å². The zero-order valence-corrected chi connectivity index (χ0v) is 11.9. The zero-order valence-electron chi connectivity index (χ0n) is 11.9. The molecule has 0 fully saturated rings. The maximum Gasteiger partial charge on any atom is 0.248 e. The quantitative estimate of drug-likeness (QED) is 0.885. The van der Waals surface area contributed by atoms with E-state index >= 15 is 0 Å². The van der Waals surface area contributed by atoms with E-state index in [1.807, 2.05) is 25.1 Å². The number of amides is 2. The average Bonchev–Trinajstić information content (AvgIpc) is 2.45. The fourth-order valence-electron chi connectivity index (χ4n) is 2.10. The Morgan fingerprint density at radius 3 is 2.57 bits per heavy atom. The van der Waals surface area contributed by atoms with Gasteiger partial charge in [-0.3, -0.25) is 9.59 Å². The molecule has 2 rings (SSSR count). The van der Waals surface area contributed by atoms with Crippen molar-refractivity contribution in [2.75, 3.05) is 5.32 Å². The van der Waals surface area contributed by atoms with Crippen LogP contribution in [0.1, 0.15) is 27.9 Å². The number of nitrogens with one attached hydrogen (secondary N) is 1. The van der Waals surface area contributed by atoms with Crippen LogP contribution in [0.5, 0.6) is 0 Å². The van der Waals surface area contributed by atoms with Gasteiger partial charge in [-0.1, -0.05) is 35.9 Å². The lowest BCUT2D eigenvalue weighted by Gasteiger charge is -2.07. The second kappa shape index (κ2) is 6.70. The number of hydrogen-bond donors (Lipinski definition) is 2. The van der Waals surface area contributed by atoms with Crippen LogP contribution in [-0.4, -0.2) is 11.8 Å². The van der Waals surface area contributed by atoms with Gasteiger partial charge in [0.2, 0.25) is 11.8 Å². The van der Waals surface area contributed by atoms with Crippen LogP contribution < -0.4 is 11.1 Å². The van der Waals surface area contributed by atoms with Crippen molar-refractivity contribution in [3.05, 3.63) is 65.2 Å². The first kappa shape index (κ1) is 14.8. The molecule has 0 atom stereocenters. The summed E-state index contributed by atoms with van der Waals surface area (Å²) in [5.74, 6) is -0.594. The van der Waals surface area contributed by atoms with E-state index in [2.05, 4.69) is 11.4 Å². The molecule has 0 heterocycles. The van der Waals surface area contributed by atoms with Crippen molar-refractivity contribution in [2.45, 2.75) is 19.8 Å². The van der Waals surface area contributed by atoms with E-state index < -0.39 is 5.91 Å². The third-order valence-electron chi connectivity index (χ3n) is 3.15. The predicted molar refractivity (Wildman–Crippen MR) is 83.1 cm³/mol. The standard InChI is InChI=1S/C17H18N2O2/c1-12-4-2-5-13(10-12)8-9-16(20)19-15-7-3-6-14(11-15)17(18)21/h2-7,10-11H,8-9H2,1H3,(H2,18,21)(H,19,20). The zero-order chi connectivity index (χ0) is 15.2. The van der Waals surface area contributed by atoms with E-state index in [0.29, 0.717) is 24.1 Å². The van der Waals surface area contributed by atoms with Crippen molar-refractivity contribution in [3.8, 4) is 0 Å². The molecule has 4 heteroatoms. The molecule has 2 amide bonds. The monoisotopic (exact) mass is 282 g/mol. The lowest BCUT2D eigenvalue weighted by Crippen LogP contribution is -2.14. The molecule has 4 nitrogen and oxygen atoms in total. The maximum atomic E-state index is 11.9. The molecule has 0 aliphatic rings. The Kier molecular flexibility index (Phi) is 4.72. The molecule has 108 valence electrons. The third kappa shape index (κ3) is 4.45. The summed E-state index contributed by atoms with van der Waals surface area (Å²) in [6.07, 6.45) is 1.08. The van der Waals surface area contributed by atoms with Crippen LogP contribution in [-0.2, 0) is 11.2 Å². The molecule has 2 aromatic rings. The van der Waals surface area contributed by atoms with Crippen molar-refractivity contribution >= 4 is 17.5 Å². The van der Waals surface area contributed by atoms with Gasteiger partial charge in [-0.25, -0.2) is 0 Å². The second-order valence-corrected chi connectivity index (χ2v) is 4.98. The minimum Gasteiger partial charge on any atom is -0.366 e. The maximum absolute atomic E-state index is 11.9. The summed E-state index contributed by atoms with van der Waals surface area (Å²) < 4.78 is 0. The highest BCUT2D eigenvalue weighted by Crippen LogP contribution is 2.12. The van der Waals surface area contributed by atoms with Gasteiger partial charge in [0, 0.05) is 17.7 Å². The van der Waals surface area contributed by atoms with Crippen LogP contribution in [0, 0.1) is 6.92 Å². The van der Waals surface area contributed by atoms with Gasteiger partial charge >= 0.3 is 0 Å².